The summed E-state index contributed by atoms with van der Waals surface area (Å²) in [5, 5.41) is 0. The van der Waals surface area contributed by atoms with E-state index in [9.17, 15) is 0 Å². The SMILES string of the molecule is NC12CC3CC(C1)CC(Sc1ccc(Br)cc1)(C3)C2. The van der Waals surface area contributed by atoms with E-state index in [1.54, 1.807) is 0 Å². The lowest BCUT2D eigenvalue weighted by atomic mass is 9.53. The van der Waals surface area contributed by atoms with E-state index >= 15 is 0 Å². The van der Waals surface area contributed by atoms with Crippen LogP contribution in [0.2, 0.25) is 0 Å². The normalized spacial score (nSPS) is 43.7. The smallest absolute Gasteiger partial charge is 0.0230 e. The summed E-state index contributed by atoms with van der Waals surface area (Å²) in [5.41, 5.74) is 6.82. The van der Waals surface area contributed by atoms with Gasteiger partial charge in [-0.05, 0) is 74.6 Å². The molecule has 4 fully saturated rings. The van der Waals surface area contributed by atoms with Crippen molar-refractivity contribution in [3.8, 4) is 0 Å². The quantitative estimate of drug-likeness (QED) is 0.853. The maximum Gasteiger partial charge on any atom is 0.0230 e. The molecule has 4 bridgehead atoms. The van der Waals surface area contributed by atoms with Crippen LogP contribution in [0.1, 0.15) is 38.5 Å². The minimum absolute atomic E-state index is 0.159. The van der Waals surface area contributed by atoms with E-state index in [2.05, 4.69) is 52.0 Å². The Labute approximate surface area is 127 Å². The lowest BCUT2D eigenvalue weighted by Gasteiger charge is -2.60. The first kappa shape index (κ1) is 12.7. The van der Waals surface area contributed by atoms with Crippen molar-refractivity contribution in [3.63, 3.8) is 0 Å². The Bertz CT molecular complexity index is 484. The van der Waals surface area contributed by atoms with Crippen molar-refractivity contribution in [2.45, 2.75) is 53.7 Å². The molecule has 4 aliphatic carbocycles. The first-order valence-electron chi connectivity index (χ1n) is 7.28. The minimum atomic E-state index is 0.159. The zero-order valence-electron chi connectivity index (χ0n) is 11.1. The van der Waals surface area contributed by atoms with Crippen molar-refractivity contribution in [1.29, 1.82) is 0 Å². The molecule has 19 heavy (non-hydrogen) atoms. The van der Waals surface area contributed by atoms with Gasteiger partial charge in [0, 0.05) is 19.7 Å². The van der Waals surface area contributed by atoms with Crippen LogP contribution in [0, 0.1) is 11.8 Å². The molecule has 0 saturated heterocycles. The number of hydrogen-bond acceptors (Lipinski definition) is 2. The monoisotopic (exact) mass is 337 g/mol. The fraction of sp³-hybridized carbons (Fsp3) is 0.625. The number of hydrogen-bond donors (Lipinski definition) is 1. The van der Waals surface area contributed by atoms with Gasteiger partial charge in [0.15, 0.2) is 0 Å². The fourth-order valence-corrected chi connectivity index (χ4v) is 7.15. The Hall–Kier alpha value is 0.01000. The second kappa shape index (κ2) is 4.25. The van der Waals surface area contributed by atoms with Crippen molar-refractivity contribution in [2.75, 3.05) is 0 Å². The van der Waals surface area contributed by atoms with Crippen LogP contribution < -0.4 is 5.73 Å². The first-order valence-corrected chi connectivity index (χ1v) is 8.89. The van der Waals surface area contributed by atoms with Crippen molar-refractivity contribution >= 4 is 27.7 Å². The van der Waals surface area contributed by atoms with E-state index in [0.717, 1.165) is 16.3 Å². The standard InChI is InChI=1S/C16H20BrNS/c17-13-1-3-14(4-2-13)19-16-8-11-5-12(9-16)7-15(18,6-11)10-16/h1-4,11-12H,5-10,18H2. The number of thioether (sulfide) groups is 1. The van der Waals surface area contributed by atoms with Crippen molar-refractivity contribution in [3.05, 3.63) is 28.7 Å². The van der Waals surface area contributed by atoms with Crippen molar-refractivity contribution in [2.24, 2.45) is 17.6 Å². The molecule has 1 aromatic rings. The highest BCUT2D eigenvalue weighted by Gasteiger charge is 2.56. The molecule has 4 saturated carbocycles. The van der Waals surface area contributed by atoms with Gasteiger partial charge >= 0.3 is 0 Å². The van der Waals surface area contributed by atoms with Crippen LogP contribution in [0.15, 0.2) is 33.6 Å². The molecule has 0 spiro atoms. The number of benzene rings is 1. The third kappa shape index (κ3) is 2.28. The lowest BCUT2D eigenvalue weighted by molar-refractivity contribution is 0.0177. The maximum atomic E-state index is 6.66. The van der Waals surface area contributed by atoms with Crippen LogP contribution >= 0.6 is 27.7 Å². The summed E-state index contributed by atoms with van der Waals surface area (Å²) in [7, 11) is 0. The van der Waals surface area contributed by atoms with Gasteiger partial charge in [0.25, 0.3) is 0 Å². The van der Waals surface area contributed by atoms with Gasteiger partial charge in [0.05, 0.1) is 0 Å². The molecule has 4 aliphatic rings. The summed E-state index contributed by atoms with van der Waals surface area (Å²) >= 11 is 5.63. The van der Waals surface area contributed by atoms with E-state index in [-0.39, 0.29) is 5.54 Å². The topological polar surface area (TPSA) is 26.0 Å². The summed E-state index contributed by atoms with van der Waals surface area (Å²) in [6.45, 7) is 0. The molecule has 2 N–H and O–H groups in total. The van der Waals surface area contributed by atoms with Gasteiger partial charge in [0.1, 0.15) is 0 Å². The van der Waals surface area contributed by atoms with E-state index in [1.165, 1.54) is 43.4 Å². The van der Waals surface area contributed by atoms with Gasteiger partial charge in [-0.2, -0.15) is 0 Å². The fourth-order valence-electron chi connectivity index (χ4n) is 5.12. The average molecular weight is 338 g/mol. The molecule has 5 rings (SSSR count). The van der Waals surface area contributed by atoms with Gasteiger partial charge in [-0.15, -0.1) is 11.8 Å². The molecular formula is C16H20BrNS. The molecule has 1 nitrogen and oxygen atoms in total. The average Bonchev–Trinajstić information content (AvgIpc) is 2.28. The Morgan fingerprint density at radius 1 is 1.05 bits per heavy atom. The van der Waals surface area contributed by atoms with Crippen molar-refractivity contribution < 1.29 is 0 Å². The molecule has 1 aromatic carbocycles. The third-order valence-corrected chi connectivity index (χ3v) is 7.15. The lowest BCUT2D eigenvalue weighted by Crippen LogP contribution is -2.61. The second-order valence-electron chi connectivity index (χ2n) is 7.06. The number of halogens is 1. The predicted octanol–water partition coefficient (Wildman–Crippen LogP) is 4.59. The minimum Gasteiger partial charge on any atom is -0.325 e. The van der Waals surface area contributed by atoms with Gasteiger partial charge in [0.2, 0.25) is 0 Å². The molecule has 0 heterocycles. The first-order chi connectivity index (χ1) is 9.04. The van der Waals surface area contributed by atoms with Crippen LogP contribution in [-0.2, 0) is 0 Å². The Morgan fingerprint density at radius 2 is 1.68 bits per heavy atom. The Kier molecular flexibility index (Phi) is 2.85. The summed E-state index contributed by atoms with van der Waals surface area (Å²) in [5.74, 6) is 1.79. The highest BCUT2D eigenvalue weighted by atomic mass is 79.9. The molecule has 2 unspecified atom stereocenters. The van der Waals surface area contributed by atoms with Crippen LogP contribution in [0.25, 0.3) is 0 Å². The van der Waals surface area contributed by atoms with Crippen LogP contribution in [0.4, 0.5) is 0 Å². The molecule has 0 aliphatic heterocycles. The Morgan fingerprint density at radius 3 is 2.26 bits per heavy atom. The van der Waals surface area contributed by atoms with Gasteiger partial charge < -0.3 is 5.73 Å². The van der Waals surface area contributed by atoms with Crippen LogP contribution in [0.3, 0.4) is 0 Å². The van der Waals surface area contributed by atoms with E-state index < -0.39 is 0 Å². The summed E-state index contributed by atoms with van der Waals surface area (Å²) in [4.78, 5) is 1.41. The molecular weight excluding hydrogens is 318 g/mol. The van der Waals surface area contributed by atoms with Crippen LogP contribution in [-0.4, -0.2) is 10.3 Å². The van der Waals surface area contributed by atoms with E-state index in [0.29, 0.717) is 4.75 Å². The largest absolute Gasteiger partial charge is 0.325 e. The maximum absolute atomic E-state index is 6.66. The Balaban J connectivity index is 1.61. The molecule has 0 aromatic heterocycles. The van der Waals surface area contributed by atoms with E-state index in [1.807, 2.05) is 0 Å². The second-order valence-corrected chi connectivity index (χ2v) is 9.52. The summed E-state index contributed by atoms with van der Waals surface area (Å²) in [6.07, 6.45) is 8.03. The molecule has 0 amide bonds. The highest BCUT2D eigenvalue weighted by Crippen LogP contribution is 2.62. The molecule has 2 atom stereocenters. The number of nitrogens with two attached hydrogens (primary N) is 1. The zero-order chi connectivity index (χ0) is 13.1. The van der Waals surface area contributed by atoms with Crippen molar-refractivity contribution in [1.82, 2.24) is 0 Å². The predicted molar refractivity (Wildman–Crippen MR) is 84.3 cm³/mol. The zero-order valence-corrected chi connectivity index (χ0v) is 13.5. The molecule has 3 heteroatoms. The van der Waals surface area contributed by atoms with E-state index in [4.69, 9.17) is 5.73 Å². The van der Waals surface area contributed by atoms with Gasteiger partial charge in [-0.25, -0.2) is 0 Å². The number of rotatable bonds is 2. The third-order valence-electron chi connectivity index (χ3n) is 5.20. The summed E-state index contributed by atoms with van der Waals surface area (Å²) < 4.78 is 1.60. The highest BCUT2D eigenvalue weighted by molar-refractivity contribution is 9.10. The molecule has 102 valence electrons. The molecule has 0 radical (unpaired) electrons. The van der Waals surface area contributed by atoms with Gasteiger partial charge in [-0.1, -0.05) is 15.9 Å². The summed E-state index contributed by atoms with van der Waals surface area (Å²) in [6, 6.07) is 8.80. The van der Waals surface area contributed by atoms with Crippen LogP contribution in [0.5, 0.6) is 0 Å². The van der Waals surface area contributed by atoms with Gasteiger partial charge in [-0.3, -0.25) is 0 Å².